The standard InChI is InChI=1S/C27H29ClO7/c1-27(2,3)35-26(30)16-12-18(13-16)33-11-10-32-17-8-9-23(31-4)20(14-17)24-15-22(29)19-6-5-7-21(28)25(19)34-24/h5-9,14-16,18H,10-13H2,1-4H3. The van der Waals surface area contributed by atoms with E-state index in [1.54, 1.807) is 43.5 Å². The highest BCUT2D eigenvalue weighted by Crippen LogP contribution is 2.36. The van der Waals surface area contributed by atoms with Crippen LogP contribution in [0.15, 0.2) is 51.7 Å². The van der Waals surface area contributed by atoms with Crippen LogP contribution in [0.3, 0.4) is 0 Å². The minimum atomic E-state index is -0.476. The van der Waals surface area contributed by atoms with Crippen molar-refractivity contribution >= 4 is 28.5 Å². The molecule has 0 N–H and O–H groups in total. The summed E-state index contributed by atoms with van der Waals surface area (Å²) >= 11 is 6.25. The van der Waals surface area contributed by atoms with Gasteiger partial charge in [-0.3, -0.25) is 9.59 Å². The molecule has 1 heterocycles. The van der Waals surface area contributed by atoms with Crippen LogP contribution in [0.4, 0.5) is 0 Å². The Bertz CT molecular complexity index is 1270. The third-order valence-electron chi connectivity index (χ3n) is 5.68. The van der Waals surface area contributed by atoms with Crippen LogP contribution in [0.25, 0.3) is 22.3 Å². The number of esters is 1. The lowest BCUT2D eigenvalue weighted by atomic mass is 9.82. The highest BCUT2D eigenvalue weighted by Gasteiger charge is 2.37. The number of benzene rings is 2. The first-order valence-corrected chi connectivity index (χ1v) is 11.9. The van der Waals surface area contributed by atoms with Crippen LogP contribution >= 0.6 is 11.6 Å². The average Bonchev–Trinajstić information content (AvgIpc) is 2.77. The molecule has 35 heavy (non-hydrogen) atoms. The van der Waals surface area contributed by atoms with Crippen molar-refractivity contribution in [3.05, 3.63) is 57.7 Å². The number of halogens is 1. The molecule has 0 unspecified atom stereocenters. The van der Waals surface area contributed by atoms with E-state index in [0.717, 1.165) is 0 Å². The molecule has 0 spiro atoms. The van der Waals surface area contributed by atoms with Crippen molar-refractivity contribution in [1.82, 2.24) is 0 Å². The summed E-state index contributed by atoms with van der Waals surface area (Å²) in [5, 5.41) is 0.768. The molecule has 2 aromatic carbocycles. The zero-order valence-electron chi connectivity index (χ0n) is 20.3. The summed E-state index contributed by atoms with van der Waals surface area (Å²) in [6.45, 7) is 6.30. The van der Waals surface area contributed by atoms with Crippen LogP contribution in [0.1, 0.15) is 33.6 Å². The van der Waals surface area contributed by atoms with E-state index in [1.807, 2.05) is 20.8 Å². The van der Waals surface area contributed by atoms with Gasteiger partial charge >= 0.3 is 5.97 Å². The maximum absolute atomic E-state index is 12.6. The predicted octanol–water partition coefficient (Wildman–Crippen LogP) is 5.64. The Morgan fingerprint density at radius 2 is 1.89 bits per heavy atom. The summed E-state index contributed by atoms with van der Waals surface area (Å²) in [6.07, 6.45) is 1.34. The predicted molar refractivity (Wildman–Crippen MR) is 133 cm³/mol. The number of carbonyl (C=O) groups excluding carboxylic acids is 1. The van der Waals surface area contributed by atoms with Crippen LogP contribution in [0.2, 0.25) is 5.02 Å². The zero-order chi connectivity index (χ0) is 25.2. The second kappa shape index (κ2) is 10.3. The molecular formula is C27H29ClO7. The molecule has 0 bridgehead atoms. The maximum atomic E-state index is 12.6. The van der Waals surface area contributed by atoms with Gasteiger partial charge < -0.3 is 23.4 Å². The van der Waals surface area contributed by atoms with Gasteiger partial charge in [0.1, 0.15) is 29.5 Å². The number of rotatable bonds is 8. The Labute approximate surface area is 208 Å². The van der Waals surface area contributed by atoms with E-state index in [0.29, 0.717) is 64.9 Å². The minimum Gasteiger partial charge on any atom is -0.496 e. The largest absolute Gasteiger partial charge is 0.496 e. The summed E-state index contributed by atoms with van der Waals surface area (Å²) in [6, 6.07) is 11.7. The Balaban J connectivity index is 1.36. The van der Waals surface area contributed by atoms with Crippen molar-refractivity contribution in [3.63, 3.8) is 0 Å². The summed E-state index contributed by atoms with van der Waals surface area (Å²) in [4.78, 5) is 24.7. The highest BCUT2D eigenvalue weighted by molar-refractivity contribution is 6.34. The normalized spacial score (nSPS) is 17.6. The van der Waals surface area contributed by atoms with E-state index >= 15 is 0 Å². The quantitative estimate of drug-likeness (QED) is 0.292. The van der Waals surface area contributed by atoms with Crippen LogP contribution in [-0.4, -0.2) is 38.0 Å². The third-order valence-corrected chi connectivity index (χ3v) is 5.98. The monoisotopic (exact) mass is 500 g/mol. The van der Waals surface area contributed by atoms with Crippen LogP contribution < -0.4 is 14.9 Å². The SMILES string of the molecule is COc1ccc(OCCOC2CC(C(=O)OC(C)(C)C)C2)cc1-c1cc(=O)c2cccc(Cl)c2o1. The van der Waals surface area contributed by atoms with Crippen molar-refractivity contribution in [3.8, 4) is 22.8 Å². The average molecular weight is 501 g/mol. The summed E-state index contributed by atoms with van der Waals surface area (Å²) in [7, 11) is 1.54. The molecule has 1 aliphatic carbocycles. The Morgan fingerprint density at radius 3 is 2.60 bits per heavy atom. The first-order chi connectivity index (χ1) is 16.6. The Kier molecular flexibility index (Phi) is 7.38. The van der Waals surface area contributed by atoms with Crippen molar-refractivity contribution < 1.29 is 28.2 Å². The van der Waals surface area contributed by atoms with E-state index < -0.39 is 5.60 Å². The lowest BCUT2D eigenvalue weighted by Crippen LogP contribution is -2.40. The van der Waals surface area contributed by atoms with Gasteiger partial charge in [0.05, 0.1) is 41.7 Å². The van der Waals surface area contributed by atoms with Crippen molar-refractivity contribution in [2.75, 3.05) is 20.3 Å². The molecule has 1 aromatic heterocycles. The third kappa shape index (κ3) is 5.97. The summed E-state index contributed by atoms with van der Waals surface area (Å²) in [5.74, 6) is 1.17. The number of carbonyl (C=O) groups is 1. The Morgan fingerprint density at radius 1 is 1.11 bits per heavy atom. The van der Waals surface area contributed by atoms with Crippen LogP contribution in [0.5, 0.6) is 11.5 Å². The van der Waals surface area contributed by atoms with E-state index in [1.165, 1.54) is 6.07 Å². The second-order valence-electron chi connectivity index (χ2n) is 9.50. The van der Waals surface area contributed by atoms with Gasteiger partial charge in [0.25, 0.3) is 0 Å². The van der Waals surface area contributed by atoms with Gasteiger partial charge in [-0.1, -0.05) is 17.7 Å². The topological polar surface area (TPSA) is 84.2 Å². The molecule has 1 aliphatic rings. The number of fused-ring (bicyclic) bond motifs is 1. The molecule has 1 fully saturated rings. The van der Waals surface area contributed by atoms with Crippen LogP contribution in [-0.2, 0) is 14.3 Å². The molecule has 0 amide bonds. The number of ether oxygens (including phenoxy) is 4. The zero-order valence-corrected chi connectivity index (χ0v) is 21.0. The fraction of sp³-hybridized carbons (Fsp3) is 0.407. The number of methoxy groups -OCH3 is 1. The van der Waals surface area contributed by atoms with Gasteiger partial charge in [0.2, 0.25) is 0 Å². The highest BCUT2D eigenvalue weighted by atomic mass is 35.5. The molecule has 1 saturated carbocycles. The van der Waals surface area contributed by atoms with Gasteiger partial charge in [0.15, 0.2) is 11.0 Å². The summed E-state index contributed by atoms with van der Waals surface area (Å²) in [5.41, 5.74) is 0.221. The smallest absolute Gasteiger partial charge is 0.309 e. The Hall–Kier alpha value is -3.03. The number of hydrogen-bond donors (Lipinski definition) is 0. The van der Waals surface area contributed by atoms with Gasteiger partial charge in [-0.25, -0.2) is 0 Å². The van der Waals surface area contributed by atoms with Crippen LogP contribution in [0, 0.1) is 5.92 Å². The molecule has 0 saturated heterocycles. The molecule has 7 nitrogen and oxygen atoms in total. The lowest BCUT2D eigenvalue weighted by Gasteiger charge is -2.35. The fourth-order valence-electron chi connectivity index (χ4n) is 3.90. The van der Waals surface area contributed by atoms with Gasteiger partial charge in [0, 0.05) is 6.07 Å². The molecule has 8 heteroatoms. The second-order valence-corrected chi connectivity index (χ2v) is 9.90. The van der Waals surface area contributed by atoms with Gasteiger partial charge in [-0.2, -0.15) is 0 Å². The van der Waals surface area contributed by atoms with E-state index in [-0.39, 0.29) is 23.4 Å². The molecule has 4 rings (SSSR count). The van der Waals surface area contributed by atoms with E-state index in [2.05, 4.69) is 0 Å². The summed E-state index contributed by atoms with van der Waals surface area (Å²) < 4.78 is 28.5. The molecule has 3 aromatic rings. The van der Waals surface area contributed by atoms with E-state index in [9.17, 15) is 9.59 Å². The molecule has 0 aliphatic heterocycles. The van der Waals surface area contributed by atoms with E-state index in [4.69, 9.17) is 35.0 Å². The fourth-order valence-corrected chi connectivity index (χ4v) is 4.11. The molecule has 0 radical (unpaired) electrons. The number of hydrogen-bond acceptors (Lipinski definition) is 7. The minimum absolute atomic E-state index is 0.0270. The molecule has 0 atom stereocenters. The molecule has 186 valence electrons. The van der Waals surface area contributed by atoms with Crippen molar-refractivity contribution in [2.24, 2.45) is 5.92 Å². The van der Waals surface area contributed by atoms with Crippen molar-refractivity contribution in [2.45, 2.75) is 45.3 Å². The first-order valence-electron chi connectivity index (χ1n) is 11.5. The van der Waals surface area contributed by atoms with Crippen molar-refractivity contribution in [1.29, 1.82) is 0 Å². The lowest BCUT2D eigenvalue weighted by molar-refractivity contribution is -0.169. The maximum Gasteiger partial charge on any atom is 0.309 e. The molecular weight excluding hydrogens is 472 g/mol. The number of para-hydroxylation sites is 1. The van der Waals surface area contributed by atoms with Gasteiger partial charge in [-0.15, -0.1) is 0 Å². The first kappa shape index (κ1) is 25.1. The van der Waals surface area contributed by atoms with Gasteiger partial charge in [-0.05, 0) is 63.9 Å².